The molecule has 0 aromatic rings. The lowest BCUT2D eigenvalue weighted by Gasteiger charge is -2.36. The Kier molecular flexibility index (Phi) is 3.14. The number of fused-ring (bicyclic) bond motifs is 2. The van der Waals surface area contributed by atoms with E-state index in [-0.39, 0.29) is 0 Å². The van der Waals surface area contributed by atoms with E-state index in [2.05, 4.69) is 47.0 Å². The van der Waals surface area contributed by atoms with Gasteiger partial charge in [0.15, 0.2) is 0 Å². The zero-order chi connectivity index (χ0) is 11.1. The summed E-state index contributed by atoms with van der Waals surface area (Å²) in [6.45, 7) is 6.95. The van der Waals surface area contributed by atoms with Gasteiger partial charge in [0.1, 0.15) is 8.07 Å². The molecular formula is C13H19BrSi. The summed E-state index contributed by atoms with van der Waals surface area (Å²) in [5, 5.41) is 0. The van der Waals surface area contributed by atoms with Crippen molar-refractivity contribution in [3.05, 3.63) is 10.1 Å². The van der Waals surface area contributed by atoms with E-state index in [1.54, 1.807) is 0 Å². The van der Waals surface area contributed by atoms with Crippen LogP contribution in [-0.4, -0.2) is 8.07 Å². The molecular weight excluding hydrogens is 264 g/mol. The van der Waals surface area contributed by atoms with Gasteiger partial charge >= 0.3 is 0 Å². The summed E-state index contributed by atoms with van der Waals surface area (Å²) in [6.07, 6.45) is 5.50. The summed E-state index contributed by atoms with van der Waals surface area (Å²) in [6, 6.07) is 0. The van der Waals surface area contributed by atoms with Crippen LogP contribution < -0.4 is 0 Å². The van der Waals surface area contributed by atoms with Gasteiger partial charge in [0.25, 0.3) is 0 Å². The molecule has 0 radical (unpaired) electrons. The molecule has 15 heavy (non-hydrogen) atoms. The maximum absolute atomic E-state index is 3.77. The monoisotopic (exact) mass is 282 g/mol. The number of halogens is 1. The molecule has 0 N–H and O–H groups in total. The average Bonchev–Trinajstić information content (AvgIpc) is 2.16. The van der Waals surface area contributed by atoms with Crippen LogP contribution in [0.15, 0.2) is 10.1 Å². The van der Waals surface area contributed by atoms with E-state index in [9.17, 15) is 0 Å². The van der Waals surface area contributed by atoms with Crippen molar-refractivity contribution < 1.29 is 0 Å². The zero-order valence-electron chi connectivity index (χ0n) is 9.86. The van der Waals surface area contributed by atoms with Gasteiger partial charge in [0, 0.05) is 10.1 Å². The molecule has 1 saturated carbocycles. The third kappa shape index (κ3) is 2.57. The second kappa shape index (κ2) is 4.11. The molecule has 0 spiro atoms. The fourth-order valence-corrected chi connectivity index (χ4v) is 3.86. The molecule has 2 bridgehead atoms. The van der Waals surface area contributed by atoms with Gasteiger partial charge in [0.05, 0.1) is 0 Å². The molecule has 3 rings (SSSR count). The van der Waals surface area contributed by atoms with Crippen molar-refractivity contribution in [2.24, 2.45) is 11.8 Å². The normalized spacial score (nSPS) is 30.1. The first-order valence-corrected chi connectivity index (χ1v) is 10.2. The average molecular weight is 283 g/mol. The molecule has 3 aliphatic carbocycles. The lowest BCUT2D eigenvalue weighted by atomic mass is 9.72. The lowest BCUT2D eigenvalue weighted by Crippen LogP contribution is -2.24. The van der Waals surface area contributed by atoms with Gasteiger partial charge in [0.2, 0.25) is 0 Å². The number of allylic oxidation sites excluding steroid dienone is 2. The molecule has 3 aliphatic rings. The number of hydrogen-bond acceptors (Lipinski definition) is 0. The van der Waals surface area contributed by atoms with E-state index < -0.39 is 8.07 Å². The third-order valence-electron chi connectivity index (χ3n) is 3.32. The van der Waals surface area contributed by atoms with Gasteiger partial charge in [-0.05, 0) is 37.5 Å². The van der Waals surface area contributed by atoms with Gasteiger partial charge < -0.3 is 0 Å². The van der Waals surface area contributed by atoms with Crippen molar-refractivity contribution in [3.8, 4) is 11.5 Å². The highest BCUT2D eigenvalue weighted by molar-refractivity contribution is 9.11. The number of hydrogen-bond donors (Lipinski definition) is 0. The maximum atomic E-state index is 3.77. The largest absolute Gasteiger partial charge is 0.129 e. The predicted octanol–water partition coefficient (Wildman–Crippen LogP) is 4.34. The van der Waals surface area contributed by atoms with Gasteiger partial charge in [-0.25, -0.2) is 0 Å². The molecule has 0 heterocycles. The minimum Gasteiger partial charge on any atom is -0.127 e. The van der Waals surface area contributed by atoms with E-state index in [1.807, 2.05) is 0 Å². The Morgan fingerprint density at radius 2 is 1.60 bits per heavy atom. The minimum atomic E-state index is -1.21. The highest BCUT2D eigenvalue weighted by Gasteiger charge is 2.33. The van der Waals surface area contributed by atoms with Crippen molar-refractivity contribution in [3.63, 3.8) is 0 Å². The molecule has 0 aliphatic heterocycles. The van der Waals surface area contributed by atoms with E-state index in [1.165, 1.54) is 35.7 Å². The first kappa shape index (κ1) is 11.5. The SMILES string of the molecule is C[Si](C)(C)C#CC1=C(Br)C2CCC1CC2. The summed E-state index contributed by atoms with van der Waals surface area (Å²) in [4.78, 5) is 0. The van der Waals surface area contributed by atoms with Crippen molar-refractivity contribution in [2.75, 3.05) is 0 Å². The lowest BCUT2D eigenvalue weighted by molar-refractivity contribution is 0.315. The molecule has 0 aromatic carbocycles. The second-order valence-electron chi connectivity index (χ2n) is 5.81. The van der Waals surface area contributed by atoms with Crippen molar-refractivity contribution in [2.45, 2.75) is 45.3 Å². The molecule has 0 unspecified atom stereocenters. The molecule has 0 atom stereocenters. The predicted molar refractivity (Wildman–Crippen MR) is 72.5 cm³/mol. The van der Waals surface area contributed by atoms with Crippen molar-refractivity contribution in [1.29, 1.82) is 0 Å². The summed E-state index contributed by atoms with van der Waals surface area (Å²) in [7, 11) is -1.21. The van der Waals surface area contributed by atoms with Crippen LogP contribution >= 0.6 is 15.9 Å². The van der Waals surface area contributed by atoms with E-state index >= 15 is 0 Å². The van der Waals surface area contributed by atoms with Gasteiger partial charge in [-0.1, -0.05) is 41.5 Å². The van der Waals surface area contributed by atoms with Crippen LogP contribution in [0.1, 0.15) is 25.7 Å². The Labute approximate surface area is 103 Å². The van der Waals surface area contributed by atoms with Crippen LogP contribution in [0.3, 0.4) is 0 Å². The first-order chi connectivity index (χ1) is 6.97. The van der Waals surface area contributed by atoms with Crippen molar-refractivity contribution >= 4 is 24.0 Å². The Hall–Kier alpha value is -0.00312. The molecule has 0 aromatic heterocycles. The summed E-state index contributed by atoms with van der Waals surface area (Å²) >= 11 is 3.77. The molecule has 0 nitrogen and oxygen atoms in total. The highest BCUT2D eigenvalue weighted by atomic mass is 79.9. The second-order valence-corrected chi connectivity index (χ2v) is 11.4. The van der Waals surface area contributed by atoms with Crippen LogP contribution in [0, 0.1) is 23.3 Å². The number of rotatable bonds is 0. The van der Waals surface area contributed by atoms with Crippen molar-refractivity contribution in [1.82, 2.24) is 0 Å². The fraction of sp³-hybridized carbons (Fsp3) is 0.692. The third-order valence-corrected chi connectivity index (χ3v) is 5.27. The minimum absolute atomic E-state index is 0.772. The molecule has 82 valence electrons. The van der Waals surface area contributed by atoms with Crippen LogP contribution in [0.2, 0.25) is 19.6 Å². The zero-order valence-corrected chi connectivity index (χ0v) is 12.4. The fourth-order valence-electron chi connectivity index (χ4n) is 2.47. The molecule has 1 fully saturated rings. The summed E-state index contributed by atoms with van der Waals surface area (Å²) in [5.74, 6) is 5.05. The van der Waals surface area contributed by atoms with E-state index in [0.29, 0.717) is 0 Å². The summed E-state index contributed by atoms with van der Waals surface area (Å²) in [5.41, 5.74) is 4.95. The standard InChI is InChI=1S/C13H19BrSi/c1-15(2,3)9-8-12-10-4-6-11(7-5-10)13(12)14/h10-11H,4-7H2,1-3H3. The quantitative estimate of drug-likeness (QED) is 0.458. The molecule has 0 amide bonds. The Balaban J connectivity index is 2.27. The van der Waals surface area contributed by atoms with Gasteiger partial charge in [-0.3, -0.25) is 0 Å². The van der Waals surface area contributed by atoms with Crippen LogP contribution in [0.25, 0.3) is 0 Å². The van der Waals surface area contributed by atoms with Crippen LogP contribution in [0.5, 0.6) is 0 Å². The van der Waals surface area contributed by atoms with E-state index in [0.717, 1.165) is 11.8 Å². The van der Waals surface area contributed by atoms with Gasteiger partial charge in [-0.15, -0.1) is 5.54 Å². The highest BCUT2D eigenvalue weighted by Crippen LogP contribution is 2.47. The summed E-state index contributed by atoms with van der Waals surface area (Å²) < 4.78 is 1.44. The Bertz CT molecular complexity index is 343. The smallest absolute Gasteiger partial charge is 0.127 e. The molecule has 0 saturated heterocycles. The molecule has 2 heteroatoms. The maximum Gasteiger partial charge on any atom is 0.129 e. The Morgan fingerprint density at radius 3 is 2.07 bits per heavy atom. The Morgan fingerprint density at radius 1 is 1.07 bits per heavy atom. The van der Waals surface area contributed by atoms with E-state index in [4.69, 9.17) is 0 Å². The topological polar surface area (TPSA) is 0 Å². The van der Waals surface area contributed by atoms with Crippen LogP contribution in [0.4, 0.5) is 0 Å². The van der Waals surface area contributed by atoms with Crippen LogP contribution in [-0.2, 0) is 0 Å². The first-order valence-electron chi connectivity index (χ1n) is 5.90. The van der Waals surface area contributed by atoms with Gasteiger partial charge in [-0.2, -0.15) is 0 Å².